The number of aromatic nitrogens is 4. The van der Waals surface area contributed by atoms with Crippen LogP contribution < -0.4 is 21.3 Å². The first-order valence-corrected chi connectivity index (χ1v) is 16.5. The summed E-state index contributed by atoms with van der Waals surface area (Å²) in [6.07, 6.45) is -1.88. The Kier molecular flexibility index (Phi) is 9.20. The zero-order chi connectivity index (χ0) is 35.3. The summed E-state index contributed by atoms with van der Waals surface area (Å²) in [7, 11) is 2.96. The van der Waals surface area contributed by atoms with Crippen molar-refractivity contribution in [2.24, 2.45) is 12.8 Å². The number of benzene rings is 2. The second-order valence-electron chi connectivity index (χ2n) is 12.2. The van der Waals surface area contributed by atoms with Gasteiger partial charge in [0.25, 0.3) is 5.56 Å². The van der Waals surface area contributed by atoms with Crippen molar-refractivity contribution in [3.63, 3.8) is 0 Å². The molecule has 1 aliphatic heterocycles. The van der Waals surface area contributed by atoms with Crippen LogP contribution in [0, 0.1) is 0 Å². The maximum absolute atomic E-state index is 13.8. The predicted octanol–water partition coefficient (Wildman–Crippen LogP) is 6.74. The van der Waals surface area contributed by atoms with E-state index in [0.29, 0.717) is 59.3 Å². The number of anilines is 2. The highest BCUT2D eigenvalue weighted by atomic mass is 35.5. The Morgan fingerprint density at radius 1 is 1.04 bits per heavy atom. The maximum atomic E-state index is 13.8. The SMILES string of the molecule is COc1nc(-c2cccc(-c3cccc(Nc4nc(C(F)(F)F)cc5cnn(C)c(=O)c45)c3Cl)c2Cl)cc2c1CC(O[C@H]1COCC[C@@H]1N)C2. The van der Waals surface area contributed by atoms with Gasteiger partial charge in [-0.1, -0.05) is 53.5 Å². The molecule has 4 heterocycles. The number of fused-ring (bicyclic) bond motifs is 2. The van der Waals surface area contributed by atoms with Gasteiger partial charge in [0, 0.05) is 53.8 Å². The van der Waals surface area contributed by atoms with Crippen molar-refractivity contribution < 1.29 is 27.4 Å². The smallest absolute Gasteiger partial charge is 0.433 e. The first kappa shape index (κ1) is 34.2. The monoisotopic (exact) mass is 726 g/mol. The summed E-state index contributed by atoms with van der Waals surface area (Å²) in [5.74, 6) is 0.159. The summed E-state index contributed by atoms with van der Waals surface area (Å²) in [6, 6.07) is 13.1. The van der Waals surface area contributed by atoms with Crippen LogP contribution in [-0.4, -0.2) is 58.3 Å². The number of nitrogens with two attached hydrogens (primary N) is 1. The Bertz CT molecular complexity index is 2180. The molecule has 2 aliphatic rings. The van der Waals surface area contributed by atoms with Gasteiger partial charge in [-0.25, -0.2) is 14.6 Å². The minimum atomic E-state index is -4.77. The van der Waals surface area contributed by atoms with Crippen LogP contribution in [0.25, 0.3) is 33.2 Å². The molecule has 3 aromatic heterocycles. The molecule has 1 saturated heterocycles. The first-order chi connectivity index (χ1) is 23.9. The molecule has 3 N–H and O–H groups in total. The van der Waals surface area contributed by atoms with E-state index in [9.17, 15) is 18.0 Å². The molecule has 1 unspecified atom stereocenters. The number of ether oxygens (including phenoxy) is 3. The highest BCUT2D eigenvalue weighted by Crippen LogP contribution is 2.44. The lowest BCUT2D eigenvalue weighted by Gasteiger charge is -2.30. The van der Waals surface area contributed by atoms with Gasteiger partial charge in [-0.05, 0) is 36.6 Å². The van der Waals surface area contributed by atoms with Crippen molar-refractivity contribution in [2.45, 2.75) is 43.7 Å². The first-order valence-electron chi connectivity index (χ1n) is 15.8. The zero-order valence-electron chi connectivity index (χ0n) is 26.9. The molecule has 0 bridgehead atoms. The molecule has 15 heteroatoms. The lowest BCUT2D eigenvalue weighted by atomic mass is 9.99. The molecular weight excluding hydrogens is 696 g/mol. The normalized spacial score (nSPS) is 19.1. The number of rotatable bonds is 7. The van der Waals surface area contributed by atoms with Crippen LogP contribution in [0.5, 0.6) is 5.88 Å². The number of alkyl halides is 3. The van der Waals surface area contributed by atoms with E-state index < -0.39 is 17.4 Å². The fourth-order valence-corrected chi connectivity index (χ4v) is 7.05. The fourth-order valence-electron chi connectivity index (χ4n) is 6.46. The Hall–Kier alpha value is -4.27. The van der Waals surface area contributed by atoms with Crippen molar-refractivity contribution in [3.8, 4) is 28.3 Å². The van der Waals surface area contributed by atoms with E-state index in [2.05, 4.69) is 15.4 Å². The minimum Gasteiger partial charge on any atom is -0.481 e. The average Bonchev–Trinajstić information content (AvgIpc) is 3.50. The van der Waals surface area contributed by atoms with Gasteiger partial charge < -0.3 is 25.3 Å². The van der Waals surface area contributed by atoms with E-state index in [1.165, 1.54) is 13.2 Å². The predicted molar refractivity (Wildman–Crippen MR) is 184 cm³/mol. The third kappa shape index (κ3) is 6.40. The second-order valence-corrected chi connectivity index (χ2v) is 13.0. The van der Waals surface area contributed by atoms with Crippen LogP contribution in [-0.2, 0) is 35.5 Å². The molecule has 260 valence electrons. The largest absolute Gasteiger partial charge is 0.481 e. The number of pyridine rings is 2. The van der Waals surface area contributed by atoms with E-state index in [-0.39, 0.29) is 45.6 Å². The highest BCUT2D eigenvalue weighted by molar-refractivity contribution is 6.39. The highest BCUT2D eigenvalue weighted by Gasteiger charge is 2.35. The number of aryl methyl sites for hydroxylation is 1. The molecule has 5 aromatic rings. The third-order valence-electron chi connectivity index (χ3n) is 9.01. The van der Waals surface area contributed by atoms with E-state index in [4.69, 9.17) is 48.1 Å². The minimum absolute atomic E-state index is 0.0253. The quantitative estimate of drug-likeness (QED) is 0.188. The lowest BCUT2D eigenvalue weighted by molar-refractivity contribution is -0.141. The summed E-state index contributed by atoms with van der Waals surface area (Å²) in [5, 5.41) is 7.13. The summed E-state index contributed by atoms with van der Waals surface area (Å²) < 4.78 is 60.0. The number of methoxy groups -OCH3 is 1. The van der Waals surface area contributed by atoms with Crippen molar-refractivity contribution in [3.05, 3.63) is 91.9 Å². The Labute approximate surface area is 294 Å². The number of hydrogen-bond donors (Lipinski definition) is 2. The summed E-state index contributed by atoms with van der Waals surface area (Å²) >= 11 is 14.0. The molecule has 2 aromatic carbocycles. The number of nitrogens with zero attached hydrogens (tertiary/aromatic N) is 4. The van der Waals surface area contributed by atoms with E-state index >= 15 is 0 Å². The van der Waals surface area contributed by atoms with Crippen LogP contribution in [0.4, 0.5) is 24.7 Å². The molecule has 1 aliphatic carbocycles. The second kappa shape index (κ2) is 13.5. The van der Waals surface area contributed by atoms with Crippen LogP contribution in [0.1, 0.15) is 23.2 Å². The van der Waals surface area contributed by atoms with E-state index in [1.807, 2.05) is 18.2 Å². The molecule has 0 amide bonds. The van der Waals surface area contributed by atoms with E-state index in [1.54, 1.807) is 31.4 Å². The van der Waals surface area contributed by atoms with Crippen molar-refractivity contribution in [2.75, 3.05) is 25.6 Å². The topological polar surface area (TPSA) is 126 Å². The molecule has 0 spiro atoms. The number of hydrogen-bond acceptors (Lipinski definition) is 9. The average molecular weight is 728 g/mol. The lowest BCUT2D eigenvalue weighted by Crippen LogP contribution is -2.46. The Morgan fingerprint density at radius 2 is 1.78 bits per heavy atom. The van der Waals surface area contributed by atoms with Gasteiger partial charge in [-0.3, -0.25) is 4.79 Å². The van der Waals surface area contributed by atoms with Gasteiger partial charge >= 0.3 is 6.18 Å². The summed E-state index contributed by atoms with van der Waals surface area (Å²) in [5.41, 5.74) is 8.90. The van der Waals surface area contributed by atoms with E-state index in [0.717, 1.165) is 28.3 Å². The van der Waals surface area contributed by atoms with Gasteiger partial charge in [0.05, 0.1) is 58.9 Å². The third-order valence-corrected chi connectivity index (χ3v) is 9.82. The van der Waals surface area contributed by atoms with Crippen LogP contribution in [0.3, 0.4) is 0 Å². The molecule has 3 atom stereocenters. The number of halogens is 5. The standard InChI is InChI=1S/C35H31Cl2F3N6O4/c1-46-34(47)29-18(15-42-46)13-28(35(38,39)40)45-32(29)43-25-8-4-6-21(31(25)37)20-5-3-7-22(30(20)36)26-12-17-11-19(14-23(17)33(44-26)48-2)50-27-16-49-10-9-24(27)41/h3-8,12-13,15,19,24,27H,9-11,14,16,41H2,1-2H3,(H,43,45)/t19?,24-,27-/m0/s1. The number of nitrogens with one attached hydrogen (secondary N) is 1. The molecule has 1 fully saturated rings. The fraction of sp³-hybridized carbons (Fsp3) is 0.314. The van der Waals surface area contributed by atoms with Gasteiger partial charge in [-0.15, -0.1) is 0 Å². The molecule has 0 radical (unpaired) electrons. The van der Waals surface area contributed by atoms with Crippen molar-refractivity contribution in [1.29, 1.82) is 0 Å². The van der Waals surface area contributed by atoms with Crippen molar-refractivity contribution >= 4 is 45.5 Å². The summed E-state index contributed by atoms with van der Waals surface area (Å²) in [4.78, 5) is 21.6. The van der Waals surface area contributed by atoms with Gasteiger partial charge in [0.1, 0.15) is 11.5 Å². The molecule has 0 saturated carbocycles. The summed E-state index contributed by atoms with van der Waals surface area (Å²) in [6.45, 7) is 1.08. The molecule has 7 rings (SSSR count). The Balaban J connectivity index is 1.23. The Morgan fingerprint density at radius 3 is 2.52 bits per heavy atom. The molecule has 10 nitrogen and oxygen atoms in total. The van der Waals surface area contributed by atoms with Gasteiger partial charge in [-0.2, -0.15) is 18.3 Å². The zero-order valence-corrected chi connectivity index (χ0v) is 28.4. The van der Waals surface area contributed by atoms with Gasteiger partial charge in [0.15, 0.2) is 0 Å². The molecule has 50 heavy (non-hydrogen) atoms. The molecular formula is C35H31Cl2F3N6O4. The van der Waals surface area contributed by atoms with Crippen LogP contribution in [0.2, 0.25) is 10.0 Å². The van der Waals surface area contributed by atoms with Gasteiger partial charge in [0.2, 0.25) is 5.88 Å². The van der Waals surface area contributed by atoms with Crippen LogP contribution >= 0.6 is 23.2 Å². The van der Waals surface area contributed by atoms with Crippen LogP contribution in [0.15, 0.2) is 59.5 Å². The van der Waals surface area contributed by atoms with Crippen molar-refractivity contribution in [1.82, 2.24) is 19.7 Å². The maximum Gasteiger partial charge on any atom is 0.433 e.